The van der Waals surface area contributed by atoms with E-state index in [1.165, 1.54) is 12.5 Å². The average molecular weight is 434 g/mol. The molecule has 0 amide bonds. The van der Waals surface area contributed by atoms with Crippen molar-refractivity contribution in [2.45, 2.75) is 65.0 Å². The van der Waals surface area contributed by atoms with E-state index in [0.29, 0.717) is 12.2 Å². The van der Waals surface area contributed by atoms with Crippen molar-refractivity contribution < 1.29 is 13.9 Å². The van der Waals surface area contributed by atoms with Crippen LogP contribution < -0.4 is 4.74 Å². The number of pyridine rings is 1. The molecule has 4 heteroatoms. The molecule has 3 nitrogen and oxygen atoms in total. The number of ether oxygens (including phenoxy) is 1. The maximum Gasteiger partial charge on any atom is 0.348 e. The highest BCUT2D eigenvalue weighted by atomic mass is 19.1. The number of rotatable bonds is 10. The van der Waals surface area contributed by atoms with E-state index in [1.807, 2.05) is 43.5 Å². The van der Waals surface area contributed by atoms with Gasteiger partial charge < -0.3 is 4.74 Å². The van der Waals surface area contributed by atoms with E-state index >= 15 is 0 Å². The molecule has 2 aromatic carbocycles. The molecule has 0 fully saturated rings. The van der Waals surface area contributed by atoms with Crippen molar-refractivity contribution in [3.05, 3.63) is 72.4 Å². The highest BCUT2D eigenvalue weighted by Gasteiger charge is 2.34. The lowest BCUT2D eigenvalue weighted by Gasteiger charge is -2.18. The van der Waals surface area contributed by atoms with Gasteiger partial charge in [-0.2, -0.15) is 0 Å². The number of aryl methyl sites for hydroxylation is 1. The van der Waals surface area contributed by atoms with Crippen LogP contribution in [0.2, 0.25) is 0 Å². The average Bonchev–Trinajstić information content (AvgIpc) is 2.80. The van der Waals surface area contributed by atoms with Crippen molar-refractivity contribution in [3.63, 3.8) is 0 Å². The van der Waals surface area contributed by atoms with Gasteiger partial charge in [-0.05, 0) is 61.1 Å². The van der Waals surface area contributed by atoms with Crippen molar-refractivity contribution in [1.29, 1.82) is 0 Å². The second-order valence-corrected chi connectivity index (χ2v) is 8.42. The van der Waals surface area contributed by atoms with Crippen molar-refractivity contribution in [2.75, 3.05) is 0 Å². The molecule has 1 aromatic heterocycles. The number of hydrogen-bond donors (Lipinski definition) is 0. The second-order valence-electron chi connectivity index (χ2n) is 8.42. The van der Waals surface area contributed by atoms with E-state index < -0.39 is 11.6 Å². The normalized spacial score (nSPS) is 12.9. The quantitative estimate of drug-likeness (QED) is 0.188. The number of alkyl halides is 1. The van der Waals surface area contributed by atoms with Crippen LogP contribution in [0.3, 0.4) is 0 Å². The summed E-state index contributed by atoms with van der Waals surface area (Å²) in [6.45, 7) is 5.50. The first kappa shape index (κ1) is 23.6. The van der Waals surface area contributed by atoms with Gasteiger partial charge in [0.1, 0.15) is 5.75 Å². The third-order valence-electron chi connectivity index (χ3n) is 5.62. The Morgan fingerprint density at radius 1 is 0.938 bits per heavy atom. The van der Waals surface area contributed by atoms with Crippen LogP contribution in [0.4, 0.5) is 4.39 Å². The molecule has 3 rings (SSSR count). The number of halogens is 1. The Kier molecular flexibility index (Phi) is 8.15. The summed E-state index contributed by atoms with van der Waals surface area (Å²) in [7, 11) is 0. The molecule has 0 N–H and O–H groups in total. The third kappa shape index (κ3) is 6.03. The number of carbonyl (C=O) groups excluding carboxylic acids is 1. The number of benzene rings is 2. The van der Waals surface area contributed by atoms with E-state index in [1.54, 1.807) is 12.1 Å². The second kappa shape index (κ2) is 11.0. The molecule has 0 spiro atoms. The Balaban J connectivity index is 1.76. The molecule has 0 saturated heterocycles. The van der Waals surface area contributed by atoms with E-state index in [-0.39, 0.29) is 6.42 Å². The van der Waals surface area contributed by atoms with Gasteiger partial charge in [-0.1, -0.05) is 75.6 Å². The molecule has 168 valence electrons. The lowest BCUT2D eigenvalue weighted by Crippen LogP contribution is -2.34. The molecule has 3 aromatic rings. The molecule has 1 atom stereocenters. The summed E-state index contributed by atoms with van der Waals surface area (Å²) in [5.74, 6) is -0.490. The molecule has 32 heavy (non-hydrogen) atoms. The summed E-state index contributed by atoms with van der Waals surface area (Å²) >= 11 is 0. The predicted molar refractivity (Wildman–Crippen MR) is 128 cm³/mol. The monoisotopic (exact) mass is 433 g/mol. The van der Waals surface area contributed by atoms with E-state index in [0.717, 1.165) is 48.1 Å². The van der Waals surface area contributed by atoms with Gasteiger partial charge in [0.2, 0.25) is 5.67 Å². The summed E-state index contributed by atoms with van der Waals surface area (Å²) in [4.78, 5) is 16.9. The molecule has 1 heterocycles. The minimum atomic E-state index is -1.98. The van der Waals surface area contributed by atoms with Crippen LogP contribution in [0.25, 0.3) is 22.4 Å². The summed E-state index contributed by atoms with van der Waals surface area (Å²) in [6, 6.07) is 19.5. The number of unbranched alkanes of at least 4 members (excludes halogenated alkanes) is 2. The lowest BCUT2D eigenvalue weighted by atomic mass is 9.97. The first-order valence-electron chi connectivity index (χ1n) is 11.5. The zero-order chi connectivity index (χ0) is 23.0. The lowest BCUT2D eigenvalue weighted by molar-refractivity contribution is -0.147. The van der Waals surface area contributed by atoms with Crippen LogP contribution in [0, 0.1) is 0 Å². The molecule has 0 radical (unpaired) electrons. The largest absolute Gasteiger partial charge is 0.424 e. The van der Waals surface area contributed by atoms with E-state index in [2.05, 4.69) is 30.1 Å². The predicted octanol–water partition coefficient (Wildman–Crippen LogP) is 7.58. The Hall–Kier alpha value is -3.01. The molecule has 0 saturated carbocycles. The van der Waals surface area contributed by atoms with Gasteiger partial charge in [0, 0.05) is 11.8 Å². The minimum absolute atomic E-state index is 0.176. The minimum Gasteiger partial charge on any atom is -0.424 e. The summed E-state index contributed by atoms with van der Waals surface area (Å²) in [5.41, 5.74) is 3.22. The highest BCUT2D eigenvalue weighted by molar-refractivity contribution is 5.83. The number of nitrogens with zero attached hydrogens (tertiary/aromatic N) is 1. The van der Waals surface area contributed by atoms with Crippen molar-refractivity contribution in [1.82, 2.24) is 4.98 Å². The Bertz CT molecular complexity index is 1010. The Morgan fingerprint density at radius 3 is 2.28 bits per heavy atom. The molecular formula is C28H32FNO2. The maximum atomic E-state index is 14.7. The summed E-state index contributed by atoms with van der Waals surface area (Å²) in [5, 5.41) is 0. The van der Waals surface area contributed by atoms with E-state index in [4.69, 9.17) is 4.74 Å². The van der Waals surface area contributed by atoms with Gasteiger partial charge in [0.05, 0.1) is 5.69 Å². The van der Waals surface area contributed by atoms with Crippen LogP contribution in [-0.4, -0.2) is 16.6 Å². The summed E-state index contributed by atoms with van der Waals surface area (Å²) < 4.78 is 20.0. The number of esters is 1. The van der Waals surface area contributed by atoms with Gasteiger partial charge in [-0.15, -0.1) is 0 Å². The highest BCUT2D eigenvalue weighted by Crippen LogP contribution is 2.32. The zero-order valence-electron chi connectivity index (χ0n) is 19.2. The van der Waals surface area contributed by atoms with Crippen LogP contribution in [0.15, 0.2) is 66.9 Å². The first-order chi connectivity index (χ1) is 15.4. The fraction of sp³-hybridized carbons (Fsp3) is 0.357. The zero-order valence-corrected chi connectivity index (χ0v) is 19.2. The van der Waals surface area contributed by atoms with Gasteiger partial charge >= 0.3 is 5.97 Å². The van der Waals surface area contributed by atoms with Crippen LogP contribution in [0.1, 0.15) is 58.4 Å². The van der Waals surface area contributed by atoms with Gasteiger partial charge in [-0.3, -0.25) is 4.98 Å². The first-order valence-corrected chi connectivity index (χ1v) is 11.5. The molecule has 0 bridgehead atoms. The van der Waals surface area contributed by atoms with Crippen LogP contribution in [-0.2, 0) is 11.2 Å². The molecule has 1 unspecified atom stereocenters. The molecular weight excluding hydrogens is 401 g/mol. The molecule has 0 aliphatic rings. The number of hydrogen-bond acceptors (Lipinski definition) is 3. The third-order valence-corrected chi connectivity index (χ3v) is 5.62. The van der Waals surface area contributed by atoms with Gasteiger partial charge in [-0.25, -0.2) is 9.18 Å². The van der Waals surface area contributed by atoms with Crippen LogP contribution in [0.5, 0.6) is 5.75 Å². The fourth-order valence-electron chi connectivity index (χ4n) is 3.70. The number of carbonyl (C=O) groups is 1. The molecule has 0 aliphatic heterocycles. The van der Waals surface area contributed by atoms with Crippen molar-refractivity contribution in [2.24, 2.45) is 0 Å². The SMILES string of the molecule is CCCCCC(C)(F)C(=O)Oc1ccc(-c2ccccc2-c2ccc(CCC)cn2)cc1. The fourth-order valence-corrected chi connectivity index (χ4v) is 3.70. The van der Waals surface area contributed by atoms with Gasteiger partial charge in [0.25, 0.3) is 0 Å². The molecule has 0 aliphatic carbocycles. The van der Waals surface area contributed by atoms with Gasteiger partial charge in [0.15, 0.2) is 0 Å². The standard InChI is InChI=1S/C28H32FNO2/c1-4-6-9-19-28(3,29)27(31)32-23-16-14-22(15-17-23)24-11-7-8-12-25(24)26-18-13-21(10-5-2)20-30-26/h7-8,11-18,20H,4-6,9-10,19H2,1-3H3. The van der Waals surface area contributed by atoms with Crippen molar-refractivity contribution in [3.8, 4) is 28.1 Å². The maximum absolute atomic E-state index is 14.7. The van der Waals surface area contributed by atoms with E-state index in [9.17, 15) is 9.18 Å². The Morgan fingerprint density at radius 2 is 1.66 bits per heavy atom. The smallest absolute Gasteiger partial charge is 0.348 e. The van der Waals surface area contributed by atoms with Crippen molar-refractivity contribution >= 4 is 5.97 Å². The van der Waals surface area contributed by atoms with Crippen LogP contribution >= 0.6 is 0 Å². The Labute approximate surface area is 190 Å². The summed E-state index contributed by atoms with van der Waals surface area (Å²) in [6.07, 6.45) is 6.77. The number of aromatic nitrogens is 1. The topological polar surface area (TPSA) is 39.2 Å².